The number of benzene rings is 1. The van der Waals surface area contributed by atoms with Gasteiger partial charge in [0.15, 0.2) is 5.78 Å². The second-order valence-corrected chi connectivity index (χ2v) is 7.55. The minimum atomic E-state index is -0.242. The van der Waals surface area contributed by atoms with E-state index in [4.69, 9.17) is 0 Å². The number of piperidine rings is 1. The van der Waals surface area contributed by atoms with Gasteiger partial charge in [0.25, 0.3) is 0 Å². The Morgan fingerprint density at radius 1 is 1.07 bits per heavy atom. The Balaban J connectivity index is 1.86. The van der Waals surface area contributed by atoms with Gasteiger partial charge in [-0.25, -0.2) is 4.79 Å². The van der Waals surface area contributed by atoms with Gasteiger partial charge in [-0.3, -0.25) is 18.7 Å². The van der Waals surface area contributed by atoms with Crippen LogP contribution < -0.4 is 5.69 Å². The molecule has 6 heteroatoms. The molecule has 2 atom stereocenters. The number of imidazole rings is 1. The average molecular weight is 369 g/mol. The molecule has 1 aromatic carbocycles. The van der Waals surface area contributed by atoms with Crippen molar-refractivity contribution in [1.29, 1.82) is 0 Å². The molecule has 2 heterocycles. The molecule has 1 fully saturated rings. The minimum absolute atomic E-state index is 0.0131. The lowest BCUT2D eigenvalue weighted by molar-refractivity contribution is -0.138. The van der Waals surface area contributed by atoms with Crippen molar-refractivity contribution in [2.24, 2.45) is 0 Å². The molecule has 1 aliphatic rings. The van der Waals surface area contributed by atoms with Gasteiger partial charge in [-0.1, -0.05) is 0 Å². The van der Waals surface area contributed by atoms with Crippen molar-refractivity contribution in [2.45, 2.75) is 65.6 Å². The summed E-state index contributed by atoms with van der Waals surface area (Å²) >= 11 is 0. The van der Waals surface area contributed by atoms with Crippen molar-refractivity contribution in [2.75, 3.05) is 0 Å². The van der Waals surface area contributed by atoms with E-state index >= 15 is 0 Å². The summed E-state index contributed by atoms with van der Waals surface area (Å²) < 4.78 is 3.05. The highest BCUT2D eigenvalue weighted by Gasteiger charge is 2.29. The predicted octanol–water partition coefficient (Wildman–Crippen LogP) is 2.94. The molecule has 6 nitrogen and oxygen atoms in total. The van der Waals surface area contributed by atoms with E-state index in [1.807, 2.05) is 11.8 Å². The Morgan fingerprint density at radius 3 is 2.22 bits per heavy atom. The third kappa shape index (κ3) is 3.75. The zero-order valence-electron chi connectivity index (χ0n) is 16.4. The summed E-state index contributed by atoms with van der Waals surface area (Å²) in [4.78, 5) is 39.1. The number of carbonyl (C=O) groups excluding carboxylic acids is 2. The Bertz CT molecular complexity index is 898. The van der Waals surface area contributed by atoms with Crippen molar-refractivity contribution in [3.05, 3.63) is 52.2 Å². The fourth-order valence-electron chi connectivity index (χ4n) is 4.03. The maximum absolute atomic E-state index is 12.9. The zero-order valence-corrected chi connectivity index (χ0v) is 16.4. The standard InChI is InChI=1S/C21H27N3O3/c1-14-6-5-7-15(2)23(14)20(26)13-22-12-16(3)24(21(22)27)19-10-8-18(9-11-19)17(4)25/h8-12,14-15H,5-7,13H2,1-4H3. The zero-order chi connectivity index (χ0) is 19.7. The average Bonchev–Trinajstić information content (AvgIpc) is 2.88. The number of ketones is 1. The lowest BCUT2D eigenvalue weighted by Crippen LogP contribution is -2.49. The Labute approximate surface area is 159 Å². The number of carbonyl (C=O) groups is 2. The van der Waals surface area contributed by atoms with Crippen LogP contribution >= 0.6 is 0 Å². The van der Waals surface area contributed by atoms with E-state index < -0.39 is 0 Å². The van der Waals surface area contributed by atoms with Crippen LogP contribution in [0.15, 0.2) is 35.3 Å². The highest BCUT2D eigenvalue weighted by Crippen LogP contribution is 2.23. The van der Waals surface area contributed by atoms with Crippen LogP contribution in [0.3, 0.4) is 0 Å². The van der Waals surface area contributed by atoms with Crippen LogP contribution in [0.4, 0.5) is 0 Å². The lowest BCUT2D eigenvalue weighted by Gasteiger charge is -2.39. The van der Waals surface area contributed by atoms with Gasteiger partial charge in [0.1, 0.15) is 6.54 Å². The van der Waals surface area contributed by atoms with Crippen LogP contribution in [0.2, 0.25) is 0 Å². The fraction of sp³-hybridized carbons (Fsp3) is 0.476. The molecule has 0 radical (unpaired) electrons. The van der Waals surface area contributed by atoms with E-state index in [1.54, 1.807) is 35.0 Å². The van der Waals surface area contributed by atoms with E-state index in [9.17, 15) is 14.4 Å². The van der Waals surface area contributed by atoms with Crippen LogP contribution in [0.25, 0.3) is 5.69 Å². The molecule has 3 rings (SSSR count). The first-order valence-corrected chi connectivity index (χ1v) is 9.51. The third-order valence-corrected chi connectivity index (χ3v) is 5.45. The van der Waals surface area contributed by atoms with Crippen molar-refractivity contribution in [3.8, 4) is 5.69 Å². The van der Waals surface area contributed by atoms with Crippen LogP contribution in [-0.4, -0.2) is 37.8 Å². The number of amides is 1. The first-order chi connectivity index (χ1) is 12.8. The molecule has 144 valence electrons. The normalized spacial score (nSPS) is 19.9. The maximum Gasteiger partial charge on any atom is 0.333 e. The number of Topliss-reactive ketones (excluding diaryl/α,β-unsaturated/α-hetero) is 1. The summed E-state index contributed by atoms with van der Waals surface area (Å²) in [6, 6.07) is 7.35. The van der Waals surface area contributed by atoms with Gasteiger partial charge in [-0.05, 0) is 71.2 Å². The van der Waals surface area contributed by atoms with Gasteiger partial charge in [0, 0.05) is 29.5 Å². The van der Waals surface area contributed by atoms with Crippen LogP contribution in [0.5, 0.6) is 0 Å². The molecule has 27 heavy (non-hydrogen) atoms. The SMILES string of the molecule is CC(=O)c1ccc(-n2c(C)cn(CC(=O)N3C(C)CCCC3C)c2=O)cc1. The molecule has 2 aromatic rings. The highest BCUT2D eigenvalue weighted by molar-refractivity contribution is 5.94. The minimum Gasteiger partial charge on any atom is -0.336 e. The predicted molar refractivity (Wildman–Crippen MR) is 104 cm³/mol. The van der Waals surface area contributed by atoms with Crippen molar-refractivity contribution >= 4 is 11.7 Å². The molecule has 1 amide bonds. The number of rotatable bonds is 4. The van der Waals surface area contributed by atoms with E-state index in [-0.39, 0.29) is 36.0 Å². The second-order valence-electron chi connectivity index (χ2n) is 7.55. The quantitative estimate of drug-likeness (QED) is 0.779. The molecule has 0 N–H and O–H groups in total. The second kappa shape index (κ2) is 7.55. The number of aryl methyl sites for hydroxylation is 1. The molecule has 0 aliphatic carbocycles. The molecule has 2 unspecified atom stereocenters. The molecule has 1 saturated heterocycles. The summed E-state index contributed by atoms with van der Waals surface area (Å²) in [6.07, 6.45) is 4.87. The summed E-state index contributed by atoms with van der Waals surface area (Å²) in [6.45, 7) is 7.55. The maximum atomic E-state index is 12.9. The van der Waals surface area contributed by atoms with Crippen molar-refractivity contribution < 1.29 is 9.59 Å². The van der Waals surface area contributed by atoms with Crippen LogP contribution in [-0.2, 0) is 11.3 Å². The van der Waals surface area contributed by atoms with Gasteiger partial charge < -0.3 is 4.90 Å². The topological polar surface area (TPSA) is 64.3 Å². The smallest absolute Gasteiger partial charge is 0.333 e. The van der Waals surface area contributed by atoms with Crippen molar-refractivity contribution in [3.63, 3.8) is 0 Å². The number of nitrogens with zero attached hydrogens (tertiary/aromatic N) is 3. The fourth-order valence-corrected chi connectivity index (χ4v) is 4.03. The molecule has 0 spiro atoms. The molecule has 0 bridgehead atoms. The van der Waals surface area contributed by atoms with Gasteiger partial charge in [0.2, 0.25) is 5.91 Å². The Kier molecular flexibility index (Phi) is 5.35. The molecule has 1 aromatic heterocycles. The number of hydrogen-bond donors (Lipinski definition) is 0. The van der Waals surface area contributed by atoms with Crippen LogP contribution in [0, 0.1) is 6.92 Å². The van der Waals surface area contributed by atoms with E-state index in [0.717, 1.165) is 25.0 Å². The summed E-state index contributed by atoms with van der Waals surface area (Å²) in [7, 11) is 0. The first kappa shape index (κ1) is 19.1. The first-order valence-electron chi connectivity index (χ1n) is 9.51. The van der Waals surface area contributed by atoms with E-state index in [1.165, 1.54) is 11.5 Å². The van der Waals surface area contributed by atoms with E-state index in [2.05, 4.69) is 13.8 Å². The Hall–Kier alpha value is -2.63. The highest BCUT2D eigenvalue weighted by atomic mass is 16.2. The van der Waals surface area contributed by atoms with Crippen molar-refractivity contribution in [1.82, 2.24) is 14.0 Å². The largest absolute Gasteiger partial charge is 0.336 e. The summed E-state index contributed by atoms with van der Waals surface area (Å²) in [5.74, 6) is -0.0283. The van der Waals surface area contributed by atoms with Gasteiger partial charge in [-0.15, -0.1) is 0 Å². The Morgan fingerprint density at radius 2 is 1.67 bits per heavy atom. The molecule has 1 aliphatic heterocycles. The van der Waals surface area contributed by atoms with Gasteiger partial charge in [0.05, 0.1) is 5.69 Å². The monoisotopic (exact) mass is 369 g/mol. The molecule has 0 saturated carbocycles. The number of hydrogen-bond acceptors (Lipinski definition) is 3. The van der Waals surface area contributed by atoms with Gasteiger partial charge in [-0.2, -0.15) is 0 Å². The molecular formula is C21H27N3O3. The van der Waals surface area contributed by atoms with E-state index in [0.29, 0.717) is 11.3 Å². The van der Waals surface area contributed by atoms with Gasteiger partial charge >= 0.3 is 5.69 Å². The third-order valence-electron chi connectivity index (χ3n) is 5.45. The summed E-state index contributed by atoms with van der Waals surface area (Å²) in [5.41, 5.74) is 1.80. The molecular weight excluding hydrogens is 342 g/mol. The lowest BCUT2D eigenvalue weighted by atomic mass is 9.97. The summed E-state index contributed by atoms with van der Waals surface area (Å²) in [5, 5.41) is 0. The number of aromatic nitrogens is 2. The number of likely N-dealkylation sites (tertiary alicyclic amines) is 1. The van der Waals surface area contributed by atoms with Crippen LogP contribution in [0.1, 0.15) is 56.1 Å².